The molecule has 0 spiro atoms. The van der Waals surface area contributed by atoms with Gasteiger partial charge in [-0.3, -0.25) is 0 Å². The second kappa shape index (κ2) is 8.70. The van der Waals surface area contributed by atoms with Gasteiger partial charge in [-0.25, -0.2) is 9.59 Å². The van der Waals surface area contributed by atoms with Gasteiger partial charge in [0.15, 0.2) is 0 Å². The maximum absolute atomic E-state index is 11.1. The van der Waals surface area contributed by atoms with Crippen molar-refractivity contribution >= 4 is 12.1 Å². The molecule has 0 aliphatic rings. The summed E-state index contributed by atoms with van der Waals surface area (Å²) < 4.78 is 9.61. The molecule has 0 heterocycles. The lowest BCUT2D eigenvalue weighted by Gasteiger charge is -2.30. The van der Waals surface area contributed by atoms with Gasteiger partial charge in [-0.1, -0.05) is 34.3 Å². The molecule has 0 aromatic heterocycles. The minimum Gasteiger partial charge on any atom is -0.462 e. The average Bonchev–Trinajstić information content (AvgIpc) is 2.39. The molecule has 21 heavy (non-hydrogen) atoms. The van der Waals surface area contributed by atoms with E-state index in [1.165, 1.54) is 6.08 Å². The van der Waals surface area contributed by atoms with Crippen molar-refractivity contribution in [3.05, 3.63) is 12.7 Å². The molecule has 0 radical (unpaired) electrons. The van der Waals surface area contributed by atoms with Crippen LogP contribution in [0.25, 0.3) is 0 Å². The topological polar surface area (TPSA) is 72.8 Å². The molecule has 0 fully saturated rings. The number of esters is 1. The van der Waals surface area contributed by atoms with Crippen molar-refractivity contribution < 1.29 is 24.2 Å². The monoisotopic (exact) mass is 300 g/mol. The zero-order chi connectivity index (χ0) is 16.5. The highest BCUT2D eigenvalue weighted by molar-refractivity contribution is 5.81. The third kappa shape index (κ3) is 10.9. The predicted octanol–water partition coefficient (Wildman–Crippen LogP) is 4.02. The summed E-state index contributed by atoms with van der Waals surface area (Å²) in [5.41, 5.74) is 0.00901. The lowest BCUT2D eigenvalue weighted by atomic mass is 9.77. The lowest BCUT2D eigenvalue weighted by molar-refractivity contribution is -0.140. The summed E-state index contributed by atoms with van der Waals surface area (Å²) in [5, 5.41) is 8.41. The fraction of sp³-hybridized carbons (Fsp3) is 0.750. The zero-order valence-corrected chi connectivity index (χ0v) is 13.6. The van der Waals surface area contributed by atoms with Crippen molar-refractivity contribution in [1.82, 2.24) is 0 Å². The van der Waals surface area contributed by atoms with Crippen LogP contribution in [0.15, 0.2) is 12.7 Å². The molecule has 122 valence electrons. The molecule has 0 aromatic rings. The number of carbonyl (C=O) groups is 2. The molecule has 5 heteroatoms. The molecular weight excluding hydrogens is 272 g/mol. The molecule has 5 nitrogen and oxygen atoms in total. The zero-order valence-electron chi connectivity index (χ0n) is 13.6. The highest BCUT2D eigenvalue weighted by Crippen LogP contribution is 2.34. The summed E-state index contributed by atoms with van der Waals surface area (Å²) in [5.74, 6) is -0.395. The molecule has 0 atom stereocenters. The van der Waals surface area contributed by atoms with E-state index in [0.29, 0.717) is 13.0 Å². The van der Waals surface area contributed by atoms with E-state index in [-0.39, 0.29) is 17.4 Å². The molecule has 0 bridgehead atoms. The van der Waals surface area contributed by atoms with Crippen LogP contribution in [0.1, 0.15) is 53.4 Å². The van der Waals surface area contributed by atoms with Gasteiger partial charge in [-0.2, -0.15) is 0 Å². The van der Waals surface area contributed by atoms with Crippen LogP contribution in [-0.2, 0) is 14.3 Å². The largest absolute Gasteiger partial charge is 0.505 e. The first kappa shape index (κ1) is 19.5. The van der Waals surface area contributed by atoms with Gasteiger partial charge in [0.05, 0.1) is 13.2 Å². The molecule has 0 rings (SSSR count). The first-order valence-corrected chi connectivity index (χ1v) is 7.23. The summed E-state index contributed by atoms with van der Waals surface area (Å²) in [4.78, 5) is 21.3. The van der Waals surface area contributed by atoms with Gasteiger partial charge in [-0.15, -0.1) is 0 Å². The van der Waals surface area contributed by atoms with E-state index in [1.807, 2.05) is 0 Å². The average molecular weight is 300 g/mol. The minimum atomic E-state index is -1.22. The SMILES string of the molecule is C=CC(=O)OCC(C)(C)CCC(C)(C)CCCOC(=O)O. The Kier molecular flexibility index (Phi) is 8.07. The van der Waals surface area contributed by atoms with Crippen LogP contribution in [0.2, 0.25) is 0 Å². The first-order valence-electron chi connectivity index (χ1n) is 7.23. The molecule has 0 unspecified atom stereocenters. The van der Waals surface area contributed by atoms with Crippen LogP contribution in [0.3, 0.4) is 0 Å². The summed E-state index contributed by atoms with van der Waals surface area (Å²) in [6.07, 6.45) is 3.44. The van der Waals surface area contributed by atoms with Crippen molar-refractivity contribution in [2.75, 3.05) is 13.2 Å². The standard InChI is InChI=1S/C16H28O5/c1-6-13(17)21-12-16(4,5)10-9-15(2,3)8-7-11-20-14(18)19/h6H,1,7-12H2,2-5H3,(H,18,19). The maximum atomic E-state index is 11.1. The Labute approximate surface area is 127 Å². The van der Waals surface area contributed by atoms with Crippen molar-refractivity contribution in [3.63, 3.8) is 0 Å². The number of carbonyl (C=O) groups excluding carboxylic acids is 1. The lowest BCUT2D eigenvalue weighted by Crippen LogP contribution is -2.24. The van der Waals surface area contributed by atoms with Crippen LogP contribution in [-0.4, -0.2) is 30.4 Å². The van der Waals surface area contributed by atoms with E-state index < -0.39 is 12.1 Å². The molecular formula is C16H28O5. The first-order chi connectivity index (χ1) is 9.58. The van der Waals surface area contributed by atoms with Crippen molar-refractivity contribution in [3.8, 4) is 0 Å². The Bertz CT molecular complexity index is 358. The summed E-state index contributed by atoms with van der Waals surface area (Å²) in [6, 6.07) is 0. The summed E-state index contributed by atoms with van der Waals surface area (Å²) in [7, 11) is 0. The van der Waals surface area contributed by atoms with Crippen LogP contribution in [0.5, 0.6) is 0 Å². The maximum Gasteiger partial charge on any atom is 0.505 e. The van der Waals surface area contributed by atoms with E-state index in [4.69, 9.17) is 9.84 Å². The number of ether oxygens (including phenoxy) is 2. The third-order valence-electron chi connectivity index (χ3n) is 3.47. The Hall–Kier alpha value is -1.52. The highest BCUT2D eigenvalue weighted by atomic mass is 16.7. The van der Waals surface area contributed by atoms with Crippen molar-refractivity contribution in [2.24, 2.45) is 10.8 Å². The van der Waals surface area contributed by atoms with Crippen LogP contribution >= 0.6 is 0 Å². The Morgan fingerprint density at radius 1 is 1.05 bits per heavy atom. The molecule has 0 saturated carbocycles. The van der Waals surface area contributed by atoms with Crippen LogP contribution < -0.4 is 0 Å². The van der Waals surface area contributed by atoms with Gasteiger partial charge in [0.1, 0.15) is 0 Å². The fourth-order valence-electron chi connectivity index (χ4n) is 1.91. The molecule has 0 saturated heterocycles. The van der Waals surface area contributed by atoms with Gasteiger partial charge in [0, 0.05) is 6.08 Å². The molecule has 1 N–H and O–H groups in total. The predicted molar refractivity (Wildman–Crippen MR) is 81.2 cm³/mol. The molecule has 0 aliphatic heterocycles. The second-order valence-corrected chi connectivity index (χ2v) is 6.86. The van der Waals surface area contributed by atoms with Gasteiger partial charge in [0.25, 0.3) is 0 Å². The van der Waals surface area contributed by atoms with Gasteiger partial charge in [-0.05, 0) is 36.5 Å². The molecule has 0 aliphatic carbocycles. The highest BCUT2D eigenvalue weighted by Gasteiger charge is 2.25. The molecule has 0 aromatic carbocycles. The van der Waals surface area contributed by atoms with Gasteiger partial charge >= 0.3 is 12.1 Å². The summed E-state index contributed by atoms with van der Waals surface area (Å²) >= 11 is 0. The normalized spacial score (nSPS) is 11.8. The number of carboxylic acid groups (broad SMARTS) is 1. The summed E-state index contributed by atoms with van der Waals surface area (Å²) in [6.45, 7) is 12.4. The van der Waals surface area contributed by atoms with Gasteiger partial charge < -0.3 is 14.6 Å². The Morgan fingerprint density at radius 3 is 2.14 bits per heavy atom. The second-order valence-electron chi connectivity index (χ2n) is 6.86. The van der Waals surface area contributed by atoms with Crippen LogP contribution in [0.4, 0.5) is 4.79 Å². The Morgan fingerprint density at radius 2 is 1.62 bits per heavy atom. The minimum absolute atomic E-state index is 0.0898. The van der Waals surface area contributed by atoms with Gasteiger partial charge in [0.2, 0.25) is 0 Å². The van der Waals surface area contributed by atoms with E-state index in [9.17, 15) is 9.59 Å². The van der Waals surface area contributed by atoms with E-state index in [1.54, 1.807) is 0 Å². The number of hydrogen-bond donors (Lipinski definition) is 1. The van der Waals surface area contributed by atoms with E-state index in [0.717, 1.165) is 19.3 Å². The fourth-order valence-corrected chi connectivity index (χ4v) is 1.91. The quantitative estimate of drug-likeness (QED) is 0.375. The van der Waals surface area contributed by atoms with Crippen molar-refractivity contribution in [1.29, 1.82) is 0 Å². The van der Waals surface area contributed by atoms with Crippen LogP contribution in [0, 0.1) is 10.8 Å². The van der Waals surface area contributed by atoms with E-state index >= 15 is 0 Å². The Balaban J connectivity index is 4.06. The smallest absolute Gasteiger partial charge is 0.462 e. The number of rotatable bonds is 10. The van der Waals surface area contributed by atoms with Crippen molar-refractivity contribution in [2.45, 2.75) is 53.4 Å². The third-order valence-corrected chi connectivity index (χ3v) is 3.47. The van der Waals surface area contributed by atoms with E-state index in [2.05, 4.69) is 39.0 Å². The number of hydrogen-bond acceptors (Lipinski definition) is 4. The molecule has 0 amide bonds.